The zero-order valence-electron chi connectivity index (χ0n) is 9.63. The molecule has 1 aliphatic heterocycles. The predicted molar refractivity (Wildman–Crippen MR) is 70.4 cm³/mol. The Morgan fingerprint density at radius 1 is 1.18 bits per heavy atom. The van der Waals surface area contributed by atoms with Crippen LogP contribution in [0.2, 0.25) is 0 Å². The summed E-state index contributed by atoms with van der Waals surface area (Å²) in [6.45, 7) is 3.79. The van der Waals surface area contributed by atoms with Crippen LogP contribution in [0.15, 0.2) is 41.8 Å². The second-order valence-corrected chi connectivity index (χ2v) is 5.25. The van der Waals surface area contributed by atoms with Gasteiger partial charge in [-0.25, -0.2) is 0 Å². The average Bonchev–Trinajstić information content (AvgIpc) is 2.70. The second kappa shape index (κ2) is 4.90. The number of rotatable bonds is 2. The van der Waals surface area contributed by atoms with Crippen LogP contribution in [-0.2, 0) is 13.1 Å². The molecule has 0 bridgehead atoms. The molecule has 0 saturated carbocycles. The predicted octanol–water partition coefficient (Wildman–Crippen LogP) is 3.14. The number of thiophene rings is 1. The van der Waals surface area contributed by atoms with E-state index in [1.165, 1.54) is 10.4 Å². The number of nitrogens with zero attached hydrogens (tertiary/aromatic N) is 1. The van der Waals surface area contributed by atoms with E-state index in [-0.39, 0.29) is 0 Å². The Hall–Kier alpha value is -1.32. The van der Waals surface area contributed by atoms with E-state index in [9.17, 15) is 0 Å². The molecule has 0 radical (unpaired) electrons. The van der Waals surface area contributed by atoms with E-state index in [2.05, 4.69) is 46.7 Å². The van der Waals surface area contributed by atoms with Gasteiger partial charge in [0.15, 0.2) is 0 Å². The van der Waals surface area contributed by atoms with Crippen LogP contribution in [0.3, 0.4) is 0 Å². The van der Waals surface area contributed by atoms with Gasteiger partial charge in [0.1, 0.15) is 12.4 Å². The smallest absolute Gasteiger partial charge is 0.134 e. The Bertz CT molecular complexity index is 480. The van der Waals surface area contributed by atoms with E-state index in [1.807, 2.05) is 0 Å². The van der Waals surface area contributed by atoms with Crippen molar-refractivity contribution in [2.75, 3.05) is 13.2 Å². The van der Waals surface area contributed by atoms with Gasteiger partial charge in [-0.15, -0.1) is 11.3 Å². The molecule has 3 rings (SSSR count). The monoisotopic (exact) mass is 245 g/mol. The number of hydrogen-bond acceptors (Lipinski definition) is 3. The van der Waals surface area contributed by atoms with E-state index in [0.717, 1.165) is 32.0 Å². The summed E-state index contributed by atoms with van der Waals surface area (Å²) in [7, 11) is 0. The molecular weight excluding hydrogens is 230 g/mol. The number of ether oxygens (including phenoxy) is 1. The molecule has 0 amide bonds. The Kier molecular flexibility index (Phi) is 3.12. The van der Waals surface area contributed by atoms with E-state index >= 15 is 0 Å². The van der Waals surface area contributed by atoms with Gasteiger partial charge in [-0.2, -0.15) is 0 Å². The maximum atomic E-state index is 5.73. The highest BCUT2D eigenvalue weighted by atomic mass is 32.1. The highest BCUT2D eigenvalue weighted by Crippen LogP contribution is 2.28. The van der Waals surface area contributed by atoms with Crippen LogP contribution in [0.25, 0.3) is 0 Å². The summed E-state index contributed by atoms with van der Waals surface area (Å²) in [5, 5.41) is 2.11. The molecule has 0 atom stereocenters. The summed E-state index contributed by atoms with van der Waals surface area (Å²) in [6, 6.07) is 12.7. The highest BCUT2D eigenvalue weighted by molar-refractivity contribution is 7.10. The van der Waals surface area contributed by atoms with Crippen molar-refractivity contribution in [3.05, 3.63) is 52.2 Å². The van der Waals surface area contributed by atoms with Crippen molar-refractivity contribution in [3.63, 3.8) is 0 Å². The fourth-order valence-electron chi connectivity index (χ4n) is 2.12. The summed E-state index contributed by atoms with van der Waals surface area (Å²) in [4.78, 5) is 3.79. The van der Waals surface area contributed by atoms with Crippen LogP contribution >= 0.6 is 11.3 Å². The average molecular weight is 245 g/mol. The molecule has 1 aliphatic rings. The SMILES string of the molecule is c1ccc(CN2CCOc3ccsc3C2)cc1. The maximum Gasteiger partial charge on any atom is 0.134 e. The zero-order valence-corrected chi connectivity index (χ0v) is 10.5. The lowest BCUT2D eigenvalue weighted by Crippen LogP contribution is -2.25. The first-order chi connectivity index (χ1) is 8.42. The minimum Gasteiger partial charge on any atom is -0.491 e. The van der Waals surface area contributed by atoms with Crippen molar-refractivity contribution in [2.24, 2.45) is 0 Å². The van der Waals surface area contributed by atoms with Gasteiger partial charge in [0.25, 0.3) is 0 Å². The van der Waals surface area contributed by atoms with Crippen LogP contribution in [0.5, 0.6) is 5.75 Å². The van der Waals surface area contributed by atoms with E-state index in [4.69, 9.17) is 4.74 Å². The highest BCUT2D eigenvalue weighted by Gasteiger charge is 2.16. The van der Waals surface area contributed by atoms with Gasteiger partial charge < -0.3 is 4.74 Å². The van der Waals surface area contributed by atoms with Crippen LogP contribution in [0.4, 0.5) is 0 Å². The lowest BCUT2D eigenvalue weighted by molar-refractivity contribution is 0.220. The fraction of sp³-hybridized carbons (Fsp3) is 0.286. The molecule has 1 aromatic heterocycles. The molecule has 0 unspecified atom stereocenters. The molecule has 2 nitrogen and oxygen atoms in total. The van der Waals surface area contributed by atoms with Crippen molar-refractivity contribution < 1.29 is 4.74 Å². The van der Waals surface area contributed by atoms with Crippen molar-refractivity contribution in [1.82, 2.24) is 4.90 Å². The molecule has 1 aromatic carbocycles. The van der Waals surface area contributed by atoms with Crippen LogP contribution in [0, 0.1) is 0 Å². The molecule has 2 aromatic rings. The van der Waals surface area contributed by atoms with Crippen molar-refractivity contribution in [2.45, 2.75) is 13.1 Å². The topological polar surface area (TPSA) is 12.5 Å². The molecule has 3 heteroatoms. The van der Waals surface area contributed by atoms with E-state index in [0.29, 0.717) is 0 Å². The van der Waals surface area contributed by atoms with Gasteiger partial charge >= 0.3 is 0 Å². The van der Waals surface area contributed by atoms with Gasteiger partial charge in [-0.05, 0) is 17.0 Å². The third kappa shape index (κ3) is 2.51. The summed E-state index contributed by atoms with van der Waals surface area (Å²) < 4.78 is 5.73. The number of hydrogen-bond donors (Lipinski definition) is 0. The van der Waals surface area contributed by atoms with Crippen molar-refractivity contribution in [1.29, 1.82) is 0 Å². The standard InChI is InChI=1S/C14H15NOS/c1-2-4-12(5-3-1)10-15-7-8-16-13-6-9-17-14(13)11-15/h1-6,9H,7-8,10-11H2. The third-order valence-electron chi connectivity index (χ3n) is 2.99. The molecule has 2 heterocycles. The number of benzene rings is 1. The van der Waals surface area contributed by atoms with Gasteiger partial charge in [-0.1, -0.05) is 30.3 Å². The molecule has 0 N–H and O–H groups in total. The van der Waals surface area contributed by atoms with Gasteiger partial charge in [0.2, 0.25) is 0 Å². The maximum absolute atomic E-state index is 5.73. The quantitative estimate of drug-likeness (QED) is 0.806. The first-order valence-corrected chi connectivity index (χ1v) is 6.75. The van der Waals surface area contributed by atoms with Crippen molar-refractivity contribution in [3.8, 4) is 5.75 Å². The normalized spacial score (nSPS) is 16.0. The molecule has 0 saturated heterocycles. The third-order valence-corrected chi connectivity index (χ3v) is 3.87. The molecular formula is C14H15NOS. The molecule has 17 heavy (non-hydrogen) atoms. The molecule has 0 aliphatic carbocycles. The largest absolute Gasteiger partial charge is 0.491 e. The lowest BCUT2D eigenvalue weighted by atomic mass is 10.2. The van der Waals surface area contributed by atoms with Gasteiger partial charge in [0.05, 0.1) is 4.88 Å². The molecule has 0 spiro atoms. The lowest BCUT2D eigenvalue weighted by Gasteiger charge is -2.18. The van der Waals surface area contributed by atoms with Crippen LogP contribution < -0.4 is 4.74 Å². The Morgan fingerprint density at radius 3 is 2.94 bits per heavy atom. The van der Waals surface area contributed by atoms with Gasteiger partial charge in [0, 0.05) is 19.6 Å². The summed E-state index contributed by atoms with van der Waals surface area (Å²) in [6.07, 6.45) is 0. The van der Waals surface area contributed by atoms with Crippen LogP contribution in [-0.4, -0.2) is 18.1 Å². The summed E-state index contributed by atoms with van der Waals surface area (Å²) >= 11 is 1.79. The Morgan fingerprint density at radius 2 is 2.06 bits per heavy atom. The fourth-order valence-corrected chi connectivity index (χ4v) is 2.97. The second-order valence-electron chi connectivity index (χ2n) is 4.25. The summed E-state index contributed by atoms with van der Waals surface area (Å²) in [5.74, 6) is 1.07. The van der Waals surface area contributed by atoms with Crippen LogP contribution in [0.1, 0.15) is 10.4 Å². The number of fused-ring (bicyclic) bond motifs is 1. The van der Waals surface area contributed by atoms with Gasteiger partial charge in [-0.3, -0.25) is 4.90 Å². The molecule has 0 fully saturated rings. The Balaban J connectivity index is 1.73. The molecule has 88 valence electrons. The summed E-state index contributed by atoms with van der Waals surface area (Å²) in [5.41, 5.74) is 1.37. The first-order valence-electron chi connectivity index (χ1n) is 5.87. The zero-order chi connectivity index (χ0) is 11.5. The van der Waals surface area contributed by atoms with E-state index < -0.39 is 0 Å². The minimum atomic E-state index is 0.788. The van der Waals surface area contributed by atoms with E-state index in [1.54, 1.807) is 11.3 Å². The minimum absolute atomic E-state index is 0.788. The van der Waals surface area contributed by atoms with Crippen molar-refractivity contribution >= 4 is 11.3 Å². The first kappa shape index (κ1) is 10.8. The Labute approximate surface area is 105 Å².